The van der Waals surface area contributed by atoms with Crippen molar-refractivity contribution in [3.8, 4) is 6.07 Å². The zero-order valence-electron chi connectivity index (χ0n) is 13.0. The Morgan fingerprint density at radius 3 is 2.77 bits per heavy atom. The molecule has 1 unspecified atom stereocenters. The summed E-state index contributed by atoms with van der Waals surface area (Å²) >= 11 is 0. The molecule has 0 aliphatic carbocycles. The summed E-state index contributed by atoms with van der Waals surface area (Å²) in [6, 6.07) is 2.04. The molecule has 1 aromatic heterocycles. The Morgan fingerprint density at radius 1 is 1.59 bits per heavy atom. The topological polar surface area (TPSA) is 103 Å². The molecule has 2 rings (SSSR count). The molecule has 0 saturated heterocycles. The molecule has 0 radical (unpaired) electrons. The van der Waals surface area contributed by atoms with E-state index in [1.165, 1.54) is 7.11 Å². The predicted molar refractivity (Wildman–Crippen MR) is 78.0 cm³/mol. The monoisotopic (exact) mass is 302 g/mol. The van der Waals surface area contributed by atoms with Crippen LogP contribution in [0.15, 0.2) is 29.0 Å². The van der Waals surface area contributed by atoms with Crippen LogP contribution < -0.4 is 5.73 Å². The van der Waals surface area contributed by atoms with E-state index in [0.29, 0.717) is 12.3 Å². The number of allylic oxidation sites excluding steroid dienone is 2. The van der Waals surface area contributed by atoms with Gasteiger partial charge >= 0.3 is 5.97 Å². The van der Waals surface area contributed by atoms with E-state index < -0.39 is 11.9 Å². The fourth-order valence-corrected chi connectivity index (χ4v) is 2.63. The average Bonchev–Trinajstić information content (AvgIpc) is 2.86. The summed E-state index contributed by atoms with van der Waals surface area (Å²) in [6.07, 6.45) is 1.65. The Hall–Kier alpha value is -2.75. The van der Waals surface area contributed by atoms with Crippen LogP contribution >= 0.6 is 0 Å². The third-order valence-electron chi connectivity index (χ3n) is 3.76. The molecule has 0 saturated carbocycles. The fourth-order valence-electron chi connectivity index (χ4n) is 2.63. The Labute approximate surface area is 128 Å². The molecule has 1 aromatic rings. The highest BCUT2D eigenvalue weighted by atomic mass is 16.5. The highest BCUT2D eigenvalue weighted by molar-refractivity contribution is 5.92. The molecule has 0 bridgehead atoms. The lowest BCUT2D eigenvalue weighted by atomic mass is 9.83. The van der Waals surface area contributed by atoms with Crippen LogP contribution in [0.4, 0.5) is 0 Å². The largest absolute Gasteiger partial charge is 0.466 e. The van der Waals surface area contributed by atoms with Gasteiger partial charge in [0.25, 0.3) is 0 Å². The van der Waals surface area contributed by atoms with E-state index in [-0.39, 0.29) is 17.0 Å². The van der Waals surface area contributed by atoms with Crippen LogP contribution in [0.3, 0.4) is 0 Å². The van der Waals surface area contributed by atoms with Crippen molar-refractivity contribution in [1.29, 1.82) is 5.26 Å². The second-order valence-electron chi connectivity index (χ2n) is 4.89. The summed E-state index contributed by atoms with van der Waals surface area (Å²) in [5.41, 5.74) is 7.88. The summed E-state index contributed by atoms with van der Waals surface area (Å²) < 4.78 is 12.0. The van der Waals surface area contributed by atoms with Gasteiger partial charge in [-0.2, -0.15) is 10.4 Å². The predicted octanol–water partition coefficient (Wildman–Crippen LogP) is 1.47. The number of methoxy groups -OCH3 is 1. The van der Waals surface area contributed by atoms with Gasteiger partial charge in [-0.25, -0.2) is 4.79 Å². The number of hydrogen-bond acceptors (Lipinski definition) is 6. The smallest absolute Gasteiger partial charge is 0.338 e. The molecular formula is C15H18N4O3. The first kappa shape index (κ1) is 15.6. The number of esters is 1. The molecule has 0 spiro atoms. The van der Waals surface area contributed by atoms with Crippen molar-refractivity contribution < 1.29 is 14.3 Å². The van der Waals surface area contributed by atoms with E-state index in [4.69, 9.17) is 15.2 Å². The van der Waals surface area contributed by atoms with Crippen LogP contribution in [0.1, 0.15) is 31.0 Å². The fraction of sp³-hybridized carbons (Fsp3) is 0.400. The van der Waals surface area contributed by atoms with Crippen molar-refractivity contribution in [3.05, 3.63) is 40.2 Å². The van der Waals surface area contributed by atoms with Gasteiger partial charge in [-0.05, 0) is 20.8 Å². The van der Waals surface area contributed by atoms with E-state index in [0.717, 1.165) is 11.3 Å². The summed E-state index contributed by atoms with van der Waals surface area (Å²) in [5.74, 6) is -0.851. The summed E-state index contributed by atoms with van der Waals surface area (Å²) in [6.45, 7) is 6.16. The van der Waals surface area contributed by atoms with Crippen molar-refractivity contribution in [1.82, 2.24) is 9.78 Å². The molecule has 0 fully saturated rings. The molecule has 2 N–H and O–H groups in total. The second kappa shape index (κ2) is 5.93. The molecule has 116 valence electrons. The Balaban J connectivity index is 2.68. The van der Waals surface area contributed by atoms with Gasteiger partial charge in [-0.1, -0.05) is 0 Å². The average molecular weight is 302 g/mol. The standard InChI is InChI=1S/C15H18N4O3/c1-5-19-8(2)11(7-18-19)13-10(6-16)14(17)22-9(3)12(13)15(20)21-4/h7,13H,5,17H2,1-4H3. The lowest BCUT2D eigenvalue weighted by molar-refractivity contribution is -0.136. The van der Waals surface area contributed by atoms with Gasteiger partial charge in [0.2, 0.25) is 5.88 Å². The van der Waals surface area contributed by atoms with Crippen LogP contribution in [0, 0.1) is 18.3 Å². The van der Waals surface area contributed by atoms with Gasteiger partial charge < -0.3 is 15.2 Å². The molecule has 1 atom stereocenters. The Morgan fingerprint density at radius 2 is 2.27 bits per heavy atom. The zero-order valence-corrected chi connectivity index (χ0v) is 13.0. The van der Waals surface area contributed by atoms with E-state index in [9.17, 15) is 10.1 Å². The van der Waals surface area contributed by atoms with Gasteiger partial charge in [0.15, 0.2) is 0 Å². The number of nitriles is 1. The number of aryl methyl sites for hydroxylation is 1. The molecule has 22 heavy (non-hydrogen) atoms. The summed E-state index contributed by atoms with van der Waals surface area (Å²) in [4.78, 5) is 12.2. The lowest BCUT2D eigenvalue weighted by Crippen LogP contribution is -2.25. The normalized spacial score (nSPS) is 18.0. The number of carbonyl (C=O) groups is 1. The highest BCUT2D eigenvalue weighted by Crippen LogP contribution is 2.40. The number of nitrogens with zero attached hydrogens (tertiary/aromatic N) is 3. The van der Waals surface area contributed by atoms with Gasteiger partial charge in [0, 0.05) is 17.8 Å². The highest BCUT2D eigenvalue weighted by Gasteiger charge is 2.37. The number of aromatic nitrogens is 2. The first-order valence-electron chi connectivity index (χ1n) is 6.85. The van der Waals surface area contributed by atoms with Crippen LogP contribution in [0.25, 0.3) is 0 Å². The third-order valence-corrected chi connectivity index (χ3v) is 3.76. The molecule has 1 aliphatic heterocycles. The lowest BCUT2D eigenvalue weighted by Gasteiger charge is -2.26. The second-order valence-corrected chi connectivity index (χ2v) is 4.89. The third kappa shape index (κ3) is 2.33. The van der Waals surface area contributed by atoms with E-state index in [1.54, 1.807) is 17.8 Å². The molecule has 0 amide bonds. The minimum absolute atomic E-state index is 0.00121. The number of nitrogens with two attached hydrogens (primary N) is 1. The van der Waals surface area contributed by atoms with Crippen LogP contribution in [0.5, 0.6) is 0 Å². The number of ether oxygens (including phenoxy) is 2. The number of rotatable bonds is 3. The zero-order chi connectivity index (χ0) is 16.4. The number of carbonyl (C=O) groups excluding carboxylic acids is 1. The molecule has 7 nitrogen and oxygen atoms in total. The maximum atomic E-state index is 12.2. The van der Waals surface area contributed by atoms with Crippen molar-refractivity contribution in [2.24, 2.45) is 5.73 Å². The minimum Gasteiger partial charge on any atom is -0.466 e. The Bertz CT molecular complexity index is 722. The van der Waals surface area contributed by atoms with E-state index >= 15 is 0 Å². The first-order chi connectivity index (χ1) is 10.5. The van der Waals surface area contributed by atoms with Crippen LogP contribution in [-0.2, 0) is 20.8 Å². The van der Waals surface area contributed by atoms with Crippen LogP contribution in [-0.4, -0.2) is 22.9 Å². The van der Waals surface area contributed by atoms with Crippen molar-refractivity contribution in [2.45, 2.75) is 33.2 Å². The maximum Gasteiger partial charge on any atom is 0.338 e. The summed E-state index contributed by atoms with van der Waals surface area (Å²) in [5, 5.41) is 13.7. The van der Waals surface area contributed by atoms with Crippen molar-refractivity contribution in [3.63, 3.8) is 0 Å². The number of hydrogen-bond donors (Lipinski definition) is 1. The minimum atomic E-state index is -0.633. The van der Waals surface area contributed by atoms with Gasteiger partial charge in [0.05, 0.1) is 24.8 Å². The van der Waals surface area contributed by atoms with E-state index in [2.05, 4.69) is 5.10 Å². The first-order valence-corrected chi connectivity index (χ1v) is 6.85. The Kier molecular flexibility index (Phi) is 4.22. The maximum absolute atomic E-state index is 12.2. The van der Waals surface area contributed by atoms with Gasteiger partial charge in [0.1, 0.15) is 17.4 Å². The van der Waals surface area contributed by atoms with Gasteiger partial charge in [-0.3, -0.25) is 4.68 Å². The van der Waals surface area contributed by atoms with Crippen LogP contribution in [0.2, 0.25) is 0 Å². The summed E-state index contributed by atoms with van der Waals surface area (Å²) in [7, 11) is 1.29. The molecule has 7 heteroatoms. The molecule has 2 heterocycles. The van der Waals surface area contributed by atoms with Crippen molar-refractivity contribution >= 4 is 5.97 Å². The van der Waals surface area contributed by atoms with E-state index in [1.807, 2.05) is 19.9 Å². The molecule has 1 aliphatic rings. The van der Waals surface area contributed by atoms with Crippen molar-refractivity contribution in [2.75, 3.05) is 7.11 Å². The van der Waals surface area contributed by atoms with Gasteiger partial charge in [-0.15, -0.1) is 0 Å². The molecular weight excluding hydrogens is 284 g/mol. The quantitative estimate of drug-likeness (QED) is 0.848. The molecule has 0 aromatic carbocycles. The SMILES string of the molecule is CCn1ncc(C2C(C#N)=C(N)OC(C)=C2C(=O)OC)c1C.